The van der Waals surface area contributed by atoms with E-state index in [9.17, 15) is 9.59 Å². The van der Waals surface area contributed by atoms with Gasteiger partial charge in [0, 0.05) is 13.0 Å². The predicted octanol–water partition coefficient (Wildman–Crippen LogP) is 3.17. The van der Waals surface area contributed by atoms with E-state index in [0.717, 1.165) is 5.56 Å². The van der Waals surface area contributed by atoms with Gasteiger partial charge in [0.1, 0.15) is 11.1 Å². The second-order valence-electron chi connectivity index (χ2n) is 5.80. The maximum Gasteiger partial charge on any atom is 0.230 e. The molecule has 1 aliphatic rings. The Morgan fingerprint density at radius 1 is 1.38 bits per heavy atom. The highest BCUT2D eigenvalue weighted by molar-refractivity contribution is 7.14. The molecule has 0 unspecified atom stereocenters. The van der Waals surface area contributed by atoms with Gasteiger partial charge in [-0.1, -0.05) is 30.3 Å². The van der Waals surface area contributed by atoms with Crippen molar-refractivity contribution < 1.29 is 9.59 Å². The molecule has 1 saturated heterocycles. The van der Waals surface area contributed by atoms with Crippen LogP contribution in [0.15, 0.2) is 41.8 Å². The molecule has 2 heterocycles. The second kappa shape index (κ2) is 6.85. The molecule has 1 aromatic carbocycles. The van der Waals surface area contributed by atoms with Crippen molar-refractivity contribution in [1.29, 1.82) is 5.26 Å². The number of rotatable bonds is 4. The number of carbonyl (C=O) groups is 2. The third-order valence-corrected chi connectivity index (χ3v) is 5.13. The van der Waals surface area contributed by atoms with Gasteiger partial charge in [-0.15, -0.1) is 11.3 Å². The van der Waals surface area contributed by atoms with Crippen molar-refractivity contribution in [2.45, 2.75) is 19.4 Å². The number of amides is 2. The van der Waals surface area contributed by atoms with Crippen LogP contribution < -0.4 is 5.32 Å². The normalized spacial score (nSPS) is 18.2. The van der Waals surface area contributed by atoms with Gasteiger partial charge < -0.3 is 10.2 Å². The van der Waals surface area contributed by atoms with E-state index in [1.54, 1.807) is 16.3 Å². The first kappa shape index (κ1) is 16.2. The summed E-state index contributed by atoms with van der Waals surface area (Å²) < 4.78 is 0. The van der Waals surface area contributed by atoms with Gasteiger partial charge in [-0.25, -0.2) is 0 Å². The van der Waals surface area contributed by atoms with Gasteiger partial charge in [0.15, 0.2) is 0 Å². The zero-order valence-electron chi connectivity index (χ0n) is 13.2. The largest absolute Gasteiger partial charge is 0.335 e. The van der Waals surface area contributed by atoms with Gasteiger partial charge >= 0.3 is 0 Å². The molecule has 1 aliphatic heterocycles. The van der Waals surface area contributed by atoms with E-state index in [0.29, 0.717) is 17.1 Å². The number of hydrogen-bond acceptors (Lipinski definition) is 4. The van der Waals surface area contributed by atoms with Crippen molar-refractivity contribution >= 4 is 28.2 Å². The standard InChI is InChI=1S/C18H17N3O2S/c1-12(13-5-3-2-4-6-13)21-11-15(9-16(21)22)17(23)20-18-14(10-19)7-8-24-18/h2-8,12,15H,9,11H2,1H3,(H,20,23)/t12-,15+/m1/s1. The molecule has 24 heavy (non-hydrogen) atoms. The minimum Gasteiger partial charge on any atom is -0.335 e. The summed E-state index contributed by atoms with van der Waals surface area (Å²) in [5, 5.41) is 14.1. The Hall–Kier alpha value is -2.65. The van der Waals surface area contributed by atoms with E-state index in [2.05, 4.69) is 5.32 Å². The topological polar surface area (TPSA) is 73.2 Å². The predicted molar refractivity (Wildman–Crippen MR) is 92.3 cm³/mol. The number of nitrogens with one attached hydrogen (secondary N) is 1. The van der Waals surface area contributed by atoms with Crippen molar-refractivity contribution in [3.63, 3.8) is 0 Å². The molecule has 0 bridgehead atoms. The van der Waals surface area contributed by atoms with Gasteiger partial charge in [-0.3, -0.25) is 9.59 Å². The zero-order valence-corrected chi connectivity index (χ0v) is 14.0. The summed E-state index contributed by atoms with van der Waals surface area (Å²) >= 11 is 1.31. The first-order valence-electron chi connectivity index (χ1n) is 7.73. The summed E-state index contributed by atoms with van der Waals surface area (Å²) in [5.74, 6) is -0.611. The summed E-state index contributed by atoms with van der Waals surface area (Å²) in [4.78, 5) is 26.5. The lowest BCUT2D eigenvalue weighted by molar-refractivity contribution is -0.129. The molecule has 122 valence electrons. The van der Waals surface area contributed by atoms with E-state index in [4.69, 9.17) is 5.26 Å². The van der Waals surface area contributed by atoms with Crippen LogP contribution in [-0.4, -0.2) is 23.3 Å². The monoisotopic (exact) mass is 339 g/mol. The highest BCUT2D eigenvalue weighted by Crippen LogP contribution is 2.30. The third-order valence-electron chi connectivity index (χ3n) is 4.30. The van der Waals surface area contributed by atoms with E-state index in [1.165, 1.54) is 11.3 Å². The number of nitrogens with zero attached hydrogens (tertiary/aromatic N) is 2. The molecule has 0 spiro atoms. The molecule has 3 rings (SSSR count). The quantitative estimate of drug-likeness (QED) is 0.930. The minimum absolute atomic E-state index is 0.0156. The lowest BCUT2D eigenvalue weighted by atomic mass is 10.1. The number of carbonyl (C=O) groups excluding carboxylic acids is 2. The van der Waals surface area contributed by atoms with E-state index in [1.807, 2.05) is 43.3 Å². The number of thiophene rings is 1. The molecule has 1 fully saturated rings. The minimum atomic E-state index is -0.391. The van der Waals surface area contributed by atoms with Crippen LogP contribution in [0.3, 0.4) is 0 Å². The molecular formula is C18H17N3O2S. The third kappa shape index (κ3) is 3.17. The van der Waals surface area contributed by atoms with Gasteiger partial charge in [-0.05, 0) is 23.9 Å². The molecular weight excluding hydrogens is 322 g/mol. The molecule has 2 aromatic rings. The van der Waals surface area contributed by atoms with E-state index >= 15 is 0 Å². The highest BCUT2D eigenvalue weighted by Gasteiger charge is 2.37. The maximum absolute atomic E-state index is 12.4. The Labute approximate surface area is 144 Å². The summed E-state index contributed by atoms with van der Waals surface area (Å²) in [6.45, 7) is 2.37. The number of benzene rings is 1. The summed E-state index contributed by atoms with van der Waals surface area (Å²) in [6, 6.07) is 13.4. The number of anilines is 1. The Bertz CT molecular complexity index is 794. The Balaban J connectivity index is 1.68. The van der Waals surface area contributed by atoms with Crippen LogP contribution >= 0.6 is 11.3 Å². The highest BCUT2D eigenvalue weighted by atomic mass is 32.1. The van der Waals surface area contributed by atoms with E-state index in [-0.39, 0.29) is 24.3 Å². The van der Waals surface area contributed by atoms with Crippen molar-refractivity contribution in [2.75, 3.05) is 11.9 Å². The molecule has 0 saturated carbocycles. The van der Waals surface area contributed by atoms with Gasteiger partial charge in [0.25, 0.3) is 0 Å². The fourth-order valence-electron chi connectivity index (χ4n) is 2.90. The Kier molecular flexibility index (Phi) is 4.63. The number of nitriles is 1. The maximum atomic E-state index is 12.4. The van der Waals surface area contributed by atoms with Gasteiger partial charge in [-0.2, -0.15) is 5.26 Å². The molecule has 0 radical (unpaired) electrons. The van der Waals surface area contributed by atoms with Gasteiger partial charge in [0.2, 0.25) is 11.8 Å². The fourth-order valence-corrected chi connectivity index (χ4v) is 3.64. The van der Waals surface area contributed by atoms with E-state index < -0.39 is 5.92 Å². The summed E-state index contributed by atoms with van der Waals surface area (Å²) in [7, 11) is 0. The molecule has 1 aromatic heterocycles. The van der Waals surface area contributed by atoms with Crippen LogP contribution in [0.5, 0.6) is 0 Å². The van der Waals surface area contributed by atoms with Crippen molar-refractivity contribution in [3.8, 4) is 6.07 Å². The lowest BCUT2D eigenvalue weighted by Crippen LogP contribution is -2.30. The van der Waals surface area contributed by atoms with Crippen LogP contribution in [0.4, 0.5) is 5.00 Å². The molecule has 2 atom stereocenters. The van der Waals surface area contributed by atoms with Crippen LogP contribution in [0.25, 0.3) is 0 Å². The summed E-state index contributed by atoms with van der Waals surface area (Å²) in [6.07, 6.45) is 0.205. The van der Waals surface area contributed by atoms with Crippen LogP contribution in [0, 0.1) is 17.2 Å². The van der Waals surface area contributed by atoms with Crippen LogP contribution in [-0.2, 0) is 9.59 Å². The Morgan fingerprint density at radius 3 is 2.83 bits per heavy atom. The molecule has 2 amide bonds. The second-order valence-corrected chi connectivity index (χ2v) is 6.71. The molecule has 6 heteroatoms. The number of likely N-dealkylation sites (tertiary alicyclic amines) is 1. The SMILES string of the molecule is C[C@H](c1ccccc1)N1C[C@@H](C(=O)Nc2sccc2C#N)CC1=O. The number of hydrogen-bond donors (Lipinski definition) is 1. The van der Waals surface area contributed by atoms with Crippen molar-refractivity contribution in [2.24, 2.45) is 5.92 Å². The fraction of sp³-hybridized carbons (Fsp3) is 0.278. The van der Waals surface area contributed by atoms with Crippen LogP contribution in [0.1, 0.15) is 30.5 Å². The Morgan fingerprint density at radius 2 is 2.12 bits per heavy atom. The van der Waals surface area contributed by atoms with Crippen molar-refractivity contribution in [1.82, 2.24) is 4.90 Å². The first-order valence-corrected chi connectivity index (χ1v) is 8.61. The van der Waals surface area contributed by atoms with Crippen molar-refractivity contribution in [3.05, 3.63) is 52.9 Å². The van der Waals surface area contributed by atoms with Gasteiger partial charge in [0.05, 0.1) is 17.5 Å². The molecule has 1 N–H and O–H groups in total. The smallest absolute Gasteiger partial charge is 0.230 e. The first-order chi connectivity index (χ1) is 11.6. The van der Waals surface area contributed by atoms with Crippen LogP contribution in [0.2, 0.25) is 0 Å². The molecule has 0 aliphatic carbocycles. The summed E-state index contributed by atoms with van der Waals surface area (Å²) in [5.41, 5.74) is 1.50. The average molecular weight is 339 g/mol. The zero-order chi connectivity index (χ0) is 17.1. The average Bonchev–Trinajstić information content (AvgIpc) is 3.21. The molecule has 5 nitrogen and oxygen atoms in total. The lowest BCUT2D eigenvalue weighted by Gasteiger charge is -2.25.